The predicted molar refractivity (Wildman–Crippen MR) is 83.1 cm³/mol. The van der Waals surface area contributed by atoms with E-state index in [1.54, 1.807) is 24.3 Å². The first-order valence-electron chi connectivity index (χ1n) is 7.09. The largest absolute Gasteiger partial charge is 0.462 e. The fourth-order valence-electron chi connectivity index (χ4n) is 1.58. The molecule has 0 heterocycles. The van der Waals surface area contributed by atoms with Crippen molar-refractivity contribution in [2.45, 2.75) is 40.2 Å². The second-order valence-corrected chi connectivity index (χ2v) is 6.05. The van der Waals surface area contributed by atoms with Crippen molar-refractivity contribution in [3.63, 3.8) is 0 Å². The van der Waals surface area contributed by atoms with Crippen LogP contribution < -0.4 is 11.1 Å². The van der Waals surface area contributed by atoms with Crippen LogP contribution in [0.15, 0.2) is 24.3 Å². The van der Waals surface area contributed by atoms with Gasteiger partial charge in [0.25, 0.3) is 0 Å². The molecule has 1 aromatic carbocycles. The Hall–Kier alpha value is -1.88. The lowest BCUT2D eigenvalue weighted by molar-refractivity contribution is -0.119. The zero-order chi connectivity index (χ0) is 16.0. The van der Waals surface area contributed by atoms with Crippen molar-refractivity contribution in [2.75, 3.05) is 11.9 Å². The maximum atomic E-state index is 12.0. The molecule has 5 heteroatoms. The van der Waals surface area contributed by atoms with E-state index < -0.39 is 6.04 Å². The quantitative estimate of drug-likeness (QED) is 0.817. The SMILES string of the molecule is CCCOC(=O)c1ccc(NC(=O)[C@H](N)C(C)(C)C)cc1. The second-order valence-electron chi connectivity index (χ2n) is 6.05. The van der Waals surface area contributed by atoms with Crippen LogP contribution in [0, 0.1) is 5.41 Å². The van der Waals surface area contributed by atoms with Gasteiger partial charge in [0.05, 0.1) is 18.2 Å². The van der Waals surface area contributed by atoms with E-state index in [0.717, 1.165) is 6.42 Å². The van der Waals surface area contributed by atoms with E-state index in [1.165, 1.54) is 0 Å². The van der Waals surface area contributed by atoms with Crippen LogP contribution >= 0.6 is 0 Å². The number of ether oxygens (including phenoxy) is 1. The van der Waals surface area contributed by atoms with Crippen LogP contribution in [0.2, 0.25) is 0 Å². The normalized spacial score (nSPS) is 12.6. The molecule has 0 aromatic heterocycles. The van der Waals surface area contributed by atoms with Gasteiger partial charge in [0.2, 0.25) is 5.91 Å². The predicted octanol–water partition coefficient (Wildman–Crippen LogP) is 2.57. The standard InChI is InChI=1S/C16H24N2O3/c1-5-10-21-15(20)11-6-8-12(9-7-11)18-14(19)13(17)16(2,3)4/h6-9,13H,5,10,17H2,1-4H3,(H,18,19)/t13-/m0/s1. The third-order valence-electron chi connectivity index (χ3n) is 3.04. The highest BCUT2D eigenvalue weighted by molar-refractivity contribution is 5.96. The van der Waals surface area contributed by atoms with E-state index in [4.69, 9.17) is 10.5 Å². The summed E-state index contributed by atoms with van der Waals surface area (Å²) in [6.45, 7) is 8.06. The van der Waals surface area contributed by atoms with Gasteiger partial charge in [0, 0.05) is 5.69 Å². The average molecular weight is 292 g/mol. The Kier molecular flexibility index (Phi) is 5.90. The van der Waals surface area contributed by atoms with E-state index in [1.807, 2.05) is 27.7 Å². The van der Waals surface area contributed by atoms with Gasteiger partial charge in [-0.3, -0.25) is 4.79 Å². The van der Waals surface area contributed by atoms with Crippen molar-refractivity contribution in [3.8, 4) is 0 Å². The summed E-state index contributed by atoms with van der Waals surface area (Å²) < 4.78 is 5.03. The van der Waals surface area contributed by atoms with Crippen molar-refractivity contribution < 1.29 is 14.3 Å². The third-order valence-corrected chi connectivity index (χ3v) is 3.04. The Morgan fingerprint density at radius 3 is 2.29 bits per heavy atom. The van der Waals surface area contributed by atoms with Gasteiger partial charge in [-0.1, -0.05) is 27.7 Å². The molecule has 0 aliphatic heterocycles. The Morgan fingerprint density at radius 1 is 1.24 bits per heavy atom. The highest BCUT2D eigenvalue weighted by atomic mass is 16.5. The lowest BCUT2D eigenvalue weighted by Gasteiger charge is -2.25. The number of carbonyl (C=O) groups excluding carboxylic acids is 2. The number of hydrogen-bond donors (Lipinski definition) is 2. The van der Waals surface area contributed by atoms with Crippen molar-refractivity contribution in [3.05, 3.63) is 29.8 Å². The summed E-state index contributed by atoms with van der Waals surface area (Å²) in [5.74, 6) is -0.607. The van der Waals surface area contributed by atoms with E-state index in [2.05, 4.69) is 5.32 Å². The molecule has 5 nitrogen and oxygen atoms in total. The van der Waals surface area contributed by atoms with E-state index in [9.17, 15) is 9.59 Å². The topological polar surface area (TPSA) is 81.4 Å². The number of nitrogens with one attached hydrogen (secondary N) is 1. The molecule has 1 atom stereocenters. The fraction of sp³-hybridized carbons (Fsp3) is 0.500. The van der Waals surface area contributed by atoms with Crippen LogP contribution in [-0.2, 0) is 9.53 Å². The van der Waals surface area contributed by atoms with Crippen LogP contribution in [-0.4, -0.2) is 24.5 Å². The summed E-state index contributed by atoms with van der Waals surface area (Å²) in [6.07, 6.45) is 0.782. The van der Waals surface area contributed by atoms with Crippen molar-refractivity contribution in [1.29, 1.82) is 0 Å². The summed E-state index contributed by atoms with van der Waals surface area (Å²) in [4.78, 5) is 23.6. The van der Waals surface area contributed by atoms with Crippen molar-refractivity contribution in [1.82, 2.24) is 0 Å². The summed E-state index contributed by atoms with van der Waals surface area (Å²) in [5, 5.41) is 2.74. The zero-order valence-electron chi connectivity index (χ0n) is 13.1. The van der Waals surface area contributed by atoms with Gasteiger partial charge in [0.15, 0.2) is 0 Å². The molecular weight excluding hydrogens is 268 g/mol. The average Bonchev–Trinajstić information content (AvgIpc) is 2.43. The van der Waals surface area contributed by atoms with Crippen molar-refractivity contribution >= 4 is 17.6 Å². The third kappa shape index (κ3) is 5.19. The molecule has 1 rings (SSSR count). The first-order chi connectivity index (χ1) is 9.75. The molecule has 0 spiro atoms. The van der Waals surface area contributed by atoms with Crippen molar-refractivity contribution in [2.24, 2.45) is 11.1 Å². The lowest BCUT2D eigenvalue weighted by atomic mass is 9.87. The molecule has 0 bridgehead atoms. The molecule has 21 heavy (non-hydrogen) atoms. The molecule has 0 aliphatic rings. The Balaban J connectivity index is 2.67. The molecule has 1 aromatic rings. The Bertz CT molecular complexity index is 489. The number of benzene rings is 1. The van der Waals surface area contributed by atoms with Gasteiger partial charge < -0.3 is 15.8 Å². The maximum absolute atomic E-state index is 12.0. The molecule has 0 saturated carbocycles. The lowest BCUT2D eigenvalue weighted by Crippen LogP contribution is -2.45. The molecule has 0 saturated heterocycles. The van der Waals surface area contributed by atoms with Gasteiger partial charge in [-0.05, 0) is 36.1 Å². The summed E-state index contributed by atoms with van der Waals surface area (Å²) in [5.41, 5.74) is 6.64. The number of anilines is 1. The van der Waals surface area contributed by atoms with Gasteiger partial charge in [-0.2, -0.15) is 0 Å². The van der Waals surface area contributed by atoms with Gasteiger partial charge in [0.1, 0.15) is 0 Å². The summed E-state index contributed by atoms with van der Waals surface area (Å²) >= 11 is 0. The van der Waals surface area contributed by atoms with Crippen LogP contribution in [0.25, 0.3) is 0 Å². The number of hydrogen-bond acceptors (Lipinski definition) is 4. The number of amides is 1. The second kappa shape index (κ2) is 7.22. The van der Waals surface area contributed by atoms with Gasteiger partial charge in [-0.15, -0.1) is 0 Å². The number of rotatable bonds is 5. The van der Waals surface area contributed by atoms with Crippen LogP contribution in [0.5, 0.6) is 0 Å². The van der Waals surface area contributed by atoms with Gasteiger partial charge in [-0.25, -0.2) is 4.79 Å². The Morgan fingerprint density at radius 2 is 1.81 bits per heavy atom. The minimum absolute atomic E-state index is 0.246. The molecule has 0 aliphatic carbocycles. The highest BCUT2D eigenvalue weighted by Crippen LogP contribution is 2.19. The molecule has 1 amide bonds. The first kappa shape index (κ1) is 17.2. The number of esters is 1. The van der Waals surface area contributed by atoms with Crippen LogP contribution in [0.1, 0.15) is 44.5 Å². The summed E-state index contributed by atoms with van der Waals surface area (Å²) in [6, 6.07) is 5.96. The molecule has 0 fully saturated rings. The summed E-state index contributed by atoms with van der Waals surface area (Å²) in [7, 11) is 0. The molecule has 116 valence electrons. The minimum Gasteiger partial charge on any atom is -0.462 e. The zero-order valence-corrected chi connectivity index (χ0v) is 13.1. The monoisotopic (exact) mass is 292 g/mol. The first-order valence-corrected chi connectivity index (χ1v) is 7.09. The fourth-order valence-corrected chi connectivity index (χ4v) is 1.58. The highest BCUT2D eigenvalue weighted by Gasteiger charge is 2.27. The maximum Gasteiger partial charge on any atom is 0.338 e. The smallest absolute Gasteiger partial charge is 0.338 e. The minimum atomic E-state index is -0.605. The Labute approximate surface area is 125 Å². The van der Waals surface area contributed by atoms with Gasteiger partial charge >= 0.3 is 5.97 Å². The number of nitrogens with two attached hydrogens (primary N) is 1. The van der Waals surface area contributed by atoms with E-state index >= 15 is 0 Å². The molecule has 0 unspecified atom stereocenters. The van der Waals surface area contributed by atoms with Crippen LogP contribution in [0.4, 0.5) is 5.69 Å². The number of carbonyl (C=O) groups is 2. The van der Waals surface area contributed by atoms with E-state index in [0.29, 0.717) is 17.9 Å². The van der Waals surface area contributed by atoms with Crippen LogP contribution in [0.3, 0.4) is 0 Å². The van der Waals surface area contributed by atoms with E-state index in [-0.39, 0.29) is 17.3 Å². The molecule has 0 radical (unpaired) electrons. The molecular formula is C16H24N2O3. The molecule has 3 N–H and O–H groups in total.